The lowest BCUT2D eigenvalue weighted by Crippen LogP contribution is -2.35. The fourth-order valence-electron chi connectivity index (χ4n) is 3.96. The molecule has 2 heterocycles. The smallest absolute Gasteiger partial charge is 0.253 e. The van der Waals surface area contributed by atoms with Crippen LogP contribution in [-0.4, -0.2) is 58.2 Å². The van der Waals surface area contributed by atoms with Gasteiger partial charge < -0.3 is 9.80 Å². The summed E-state index contributed by atoms with van der Waals surface area (Å²) in [6.45, 7) is 9.57. The van der Waals surface area contributed by atoms with Crippen LogP contribution in [0.5, 0.6) is 0 Å². The molecule has 4 rings (SSSR count). The number of halogens is 1. The Balaban J connectivity index is 1.37. The maximum atomic E-state index is 12.9. The molecular weight excluding hydrogens is 372 g/mol. The first-order valence-corrected chi connectivity index (χ1v) is 10.7. The summed E-state index contributed by atoms with van der Waals surface area (Å²) in [5.41, 5.74) is 3.71. The van der Waals surface area contributed by atoms with E-state index < -0.39 is 0 Å². The molecule has 1 aliphatic heterocycles. The number of amides is 1. The highest BCUT2D eigenvalue weighted by Crippen LogP contribution is 2.30. The summed E-state index contributed by atoms with van der Waals surface area (Å²) in [5, 5.41) is 5.21. The lowest BCUT2D eigenvalue weighted by molar-refractivity contribution is 0.0761. The number of benzene rings is 1. The topological polar surface area (TPSA) is 41.4 Å². The minimum absolute atomic E-state index is 0.147. The van der Waals surface area contributed by atoms with Crippen molar-refractivity contribution in [2.24, 2.45) is 5.92 Å². The van der Waals surface area contributed by atoms with Crippen LogP contribution in [0.4, 0.5) is 0 Å². The van der Waals surface area contributed by atoms with E-state index in [-0.39, 0.29) is 5.91 Å². The molecule has 28 heavy (non-hydrogen) atoms. The number of hydrogen-bond donors (Lipinski definition) is 0. The monoisotopic (exact) mass is 400 g/mol. The molecule has 150 valence electrons. The van der Waals surface area contributed by atoms with Crippen LogP contribution < -0.4 is 0 Å². The van der Waals surface area contributed by atoms with Crippen LogP contribution in [0.1, 0.15) is 46.6 Å². The molecule has 0 unspecified atom stereocenters. The maximum absolute atomic E-state index is 12.9. The van der Waals surface area contributed by atoms with Crippen LogP contribution in [0, 0.1) is 19.8 Å². The predicted molar refractivity (Wildman–Crippen MR) is 112 cm³/mol. The Morgan fingerprint density at radius 3 is 2.50 bits per heavy atom. The summed E-state index contributed by atoms with van der Waals surface area (Å²) < 4.78 is 1.91. The van der Waals surface area contributed by atoms with Crippen molar-refractivity contribution in [3.8, 4) is 0 Å². The average Bonchev–Trinajstić information content (AvgIpc) is 3.51. The second-order valence-electron chi connectivity index (χ2n) is 8.23. The molecular formula is C22H29ClN4O. The zero-order valence-corrected chi connectivity index (χ0v) is 17.6. The number of hydrogen-bond acceptors (Lipinski definition) is 3. The molecule has 0 radical (unpaired) electrons. The molecule has 6 heteroatoms. The van der Waals surface area contributed by atoms with E-state index in [0.717, 1.165) is 66.1 Å². The second-order valence-corrected chi connectivity index (χ2v) is 8.61. The molecule has 5 nitrogen and oxygen atoms in total. The van der Waals surface area contributed by atoms with E-state index in [4.69, 9.17) is 11.6 Å². The first-order valence-electron chi connectivity index (χ1n) is 10.3. The van der Waals surface area contributed by atoms with Crippen LogP contribution in [0.15, 0.2) is 24.3 Å². The molecule has 2 fully saturated rings. The largest absolute Gasteiger partial charge is 0.337 e. The third-order valence-electron chi connectivity index (χ3n) is 5.92. The minimum atomic E-state index is 0.147. The van der Waals surface area contributed by atoms with Crippen molar-refractivity contribution >= 4 is 17.5 Å². The zero-order valence-electron chi connectivity index (χ0n) is 16.8. The lowest BCUT2D eigenvalue weighted by Gasteiger charge is -2.22. The number of aromatic nitrogens is 2. The Labute approximate surface area is 172 Å². The fraction of sp³-hybridized carbons (Fsp3) is 0.545. The standard InChI is InChI=1S/C22H29ClN4O/c1-16-21(23)17(2)27(24-16)15-19-6-8-20(9-7-19)22(28)26-11-3-10-25(12-13-26)14-18-4-5-18/h6-9,18H,3-5,10-15H2,1-2H3. The van der Waals surface area contributed by atoms with Gasteiger partial charge in [-0.05, 0) is 63.3 Å². The summed E-state index contributed by atoms with van der Waals surface area (Å²) in [7, 11) is 0. The third-order valence-corrected chi connectivity index (χ3v) is 6.46. The van der Waals surface area contributed by atoms with Crippen LogP contribution in [-0.2, 0) is 6.54 Å². The van der Waals surface area contributed by atoms with Crippen molar-refractivity contribution in [3.63, 3.8) is 0 Å². The number of rotatable bonds is 5. The normalized spacial score (nSPS) is 18.3. The zero-order chi connectivity index (χ0) is 19.7. The van der Waals surface area contributed by atoms with Crippen LogP contribution >= 0.6 is 11.6 Å². The van der Waals surface area contributed by atoms with Crippen molar-refractivity contribution in [1.82, 2.24) is 19.6 Å². The molecule has 1 aromatic carbocycles. The van der Waals surface area contributed by atoms with Crippen LogP contribution in [0.3, 0.4) is 0 Å². The number of aryl methyl sites for hydroxylation is 1. The van der Waals surface area contributed by atoms with Crippen LogP contribution in [0.2, 0.25) is 5.02 Å². The van der Waals surface area contributed by atoms with Crippen molar-refractivity contribution in [1.29, 1.82) is 0 Å². The van der Waals surface area contributed by atoms with Gasteiger partial charge in [0.05, 0.1) is 23.0 Å². The molecule has 2 aliphatic rings. The highest BCUT2D eigenvalue weighted by molar-refractivity contribution is 6.31. The van der Waals surface area contributed by atoms with Crippen molar-refractivity contribution in [2.45, 2.75) is 39.7 Å². The van der Waals surface area contributed by atoms with Gasteiger partial charge in [-0.15, -0.1) is 0 Å². The number of carbonyl (C=O) groups excluding carboxylic acids is 1. The van der Waals surface area contributed by atoms with Gasteiger partial charge in [-0.1, -0.05) is 23.7 Å². The highest BCUT2D eigenvalue weighted by atomic mass is 35.5. The van der Waals surface area contributed by atoms with Gasteiger partial charge in [0.2, 0.25) is 0 Å². The highest BCUT2D eigenvalue weighted by Gasteiger charge is 2.26. The Morgan fingerprint density at radius 2 is 1.86 bits per heavy atom. The minimum Gasteiger partial charge on any atom is -0.337 e. The molecule has 1 amide bonds. The quantitative estimate of drug-likeness (QED) is 0.767. The van der Waals surface area contributed by atoms with E-state index in [9.17, 15) is 4.79 Å². The van der Waals surface area contributed by atoms with Gasteiger partial charge in [-0.2, -0.15) is 5.10 Å². The molecule has 1 saturated heterocycles. The molecule has 0 N–H and O–H groups in total. The molecule has 1 aromatic heterocycles. The van der Waals surface area contributed by atoms with Gasteiger partial charge in [-0.25, -0.2) is 0 Å². The Hall–Kier alpha value is -1.85. The maximum Gasteiger partial charge on any atom is 0.253 e. The first-order chi connectivity index (χ1) is 13.5. The lowest BCUT2D eigenvalue weighted by atomic mass is 10.1. The molecule has 0 bridgehead atoms. The summed E-state index contributed by atoms with van der Waals surface area (Å²) in [4.78, 5) is 17.5. The van der Waals surface area contributed by atoms with Gasteiger partial charge >= 0.3 is 0 Å². The molecule has 0 atom stereocenters. The van der Waals surface area contributed by atoms with E-state index >= 15 is 0 Å². The predicted octanol–water partition coefficient (Wildman–Crippen LogP) is 3.76. The van der Waals surface area contributed by atoms with Gasteiger partial charge in [-0.3, -0.25) is 9.48 Å². The van der Waals surface area contributed by atoms with Gasteiger partial charge in [0, 0.05) is 31.7 Å². The number of carbonyl (C=O) groups is 1. The van der Waals surface area contributed by atoms with E-state index in [1.807, 2.05) is 47.7 Å². The van der Waals surface area contributed by atoms with Crippen molar-refractivity contribution < 1.29 is 4.79 Å². The van der Waals surface area contributed by atoms with E-state index in [1.165, 1.54) is 19.4 Å². The Kier molecular flexibility index (Phi) is 5.74. The van der Waals surface area contributed by atoms with E-state index in [0.29, 0.717) is 6.54 Å². The molecule has 1 saturated carbocycles. The summed E-state index contributed by atoms with van der Waals surface area (Å²) in [6, 6.07) is 7.93. The first kappa shape index (κ1) is 19.5. The van der Waals surface area contributed by atoms with E-state index in [2.05, 4.69) is 10.00 Å². The molecule has 2 aromatic rings. The van der Waals surface area contributed by atoms with E-state index in [1.54, 1.807) is 0 Å². The van der Waals surface area contributed by atoms with Gasteiger partial charge in [0.15, 0.2) is 0 Å². The fourth-order valence-corrected chi connectivity index (χ4v) is 4.09. The summed E-state index contributed by atoms with van der Waals surface area (Å²) >= 11 is 6.24. The van der Waals surface area contributed by atoms with Gasteiger partial charge in [0.25, 0.3) is 5.91 Å². The molecule has 1 aliphatic carbocycles. The van der Waals surface area contributed by atoms with Gasteiger partial charge in [0.1, 0.15) is 0 Å². The van der Waals surface area contributed by atoms with Crippen molar-refractivity contribution in [3.05, 3.63) is 51.8 Å². The molecule has 0 spiro atoms. The van der Waals surface area contributed by atoms with Crippen LogP contribution in [0.25, 0.3) is 0 Å². The SMILES string of the molecule is Cc1nn(Cc2ccc(C(=O)N3CCCN(CC4CC4)CC3)cc2)c(C)c1Cl. The van der Waals surface area contributed by atoms with Crippen molar-refractivity contribution in [2.75, 3.05) is 32.7 Å². The number of nitrogens with zero attached hydrogens (tertiary/aromatic N) is 4. The second kappa shape index (κ2) is 8.26. The summed E-state index contributed by atoms with van der Waals surface area (Å²) in [6.07, 6.45) is 3.83. The average molecular weight is 401 g/mol. The summed E-state index contributed by atoms with van der Waals surface area (Å²) in [5.74, 6) is 1.06. The third kappa shape index (κ3) is 4.41. The Morgan fingerprint density at radius 1 is 1.11 bits per heavy atom. The Bertz CT molecular complexity index is 841.